The van der Waals surface area contributed by atoms with Gasteiger partial charge in [0.05, 0.1) is 5.41 Å². The van der Waals surface area contributed by atoms with Crippen LogP contribution in [0.3, 0.4) is 0 Å². The lowest BCUT2D eigenvalue weighted by atomic mass is 9.58. The van der Waals surface area contributed by atoms with Gasteiger partial charge in [-0.3, -0.25) is 0 Å². The van der Waals surface area contributed by atoms with Crippen molar-refractivity contribution >= 4 is 11.1 Å². The van der Waals surface area contributed by atoms with E-state index in [1.54, 1.807) is 19.1 Å². The summed E-state index contributed by atoms with van der Waals surface area (Å²) in [6.07, 6.45) is 13.5. The number of fused-ring (bicyclic) bond motifs is 6. The van der Waals surface area contributed by atoms with Gasteiger partial charge in [-0.2, -0.15) is 0 Å². The van der Waals surface area contributed by atoms with E-state index in [1.807, 2.05) is 24.3 Å². The lowest BCUT2D eigenvalue weighted by Crippen LogP contribution is -2.38. The van der Waals surface area contributed by atoms with Gasteiger partial charge in [0.2, 0.25) is 0 Å². The first-order valence-electron chi connectivity index (χ1n) is 10.0. The molecule has 3 aliphatic rings. The minimum atomic E-state index is -1.47. The summed E-state index contributed by atoms with van der Waals surface area (Å²) in [6, 6.07) is 17.0. The van der Waals surface area contributed by atoms with Gasteiger partial charge in [-0.25, -0.2) is 4.39 Å². The first-order chi connectivity index (χ1) is 14.0. The van der Waals surface area contributed by atoms with E-state index in [2.05, 4.69) is 67.8 Å². The maximum atomic E-state index is 14.9. The Morgan fingerprint density at radius 1 is 0.897 bits per heavy atom. The van der Waals surface area contributed by atoms with Gasteiger partial charge in [-0.05, 0) is 58.0 Å². The van der Waals surface area contributed by atoms with Crippen LogP contribution in [0.2, 0.25) is 0 Å². The molecule has 0 aliphatic heterocycles. The summed E-state index contributed by atoms with van der Waals surface area (Å²) in [5.41, 5.74) is 6.25. The molecule has 0 saturated heterocycles. The van der Waals surface area contributed by atoms with E-state index >= 15 is 0 Å². The van der Waals surface area contributed by atoms with Crippen molar-refractivity contribution in [3.63, 3.8) is 0 Å². The van der Waals surface area contributed by atoms with Crippen LogP contribution in [0.25, 0.3) is 11.1 Å². The van der Waals surface area contributed by atoms with Crippen molar-refractivity contribution < 1.29 is 4.39 Å². The normalized spacial score (nSPS) is 29.0. The topological polar surface area (TPSA) is 0 Å². The van der Waals surface area contributed by atoms with Crippen LogP contribution in [0.1, 0.15) is 29.2 Å². The van der Waals surface area contributed by atoms with Gasteiger partial charge in [0.25, 0.3) is 0 Å². The molecular weight excluding hydrogens is 355 g/mol. The van der Waals surface area contributed by atoms with Crippen molar-refractivity contribution in [2.45, 2.75) is 18.0 Å². The quantitative estimate of drug-likeness (QED) is 0.495. The number of hydrogen-bond acceptors (Lipinski definition) is 0. The second-order valence-corrected chi connectivity index (χ2v) is 8.13. The van der Waals surface area contributed by atoms with Crippen molar-refractivity contribution in [2.75, 3.05) is 0 Å². The average Bonchev–Trinajstić information content (AvgIpc) is 2.90. The highest BCUT2D eigenvalue weighted by Gasteiger charge is 2.51. The summed E-state index contributed by atoms with van der Waals surface area (Å²) in [4.78, 5) is 0. The Morgan fingerprint density at radius 3 is 2.21 bits per heavy atom. The third-order valence-electron chi connectivity index (χ3n) is 6.50. The van der Waals surface area contributed by atoms with Crippen LogP contribution in [0, 0.1) is 5.92 Å². The first kappa shape index (κ1) is 17.9. The van der Waals surface area contributed by atoms with Crippen LogP contribution in [0.5, 0.6) is 0 Å². The van der Waals surface area contributed by atoms with Gasteiger partial charge < -0.3 is 0 Å². The van der Waals surface area contributed by atoms with Crippen molar-refractivity contribution in [1.29, 1.82) is 0 Å². The predicted molar refractivity (Wildman–Crippen MR) is 120 cm³/mol. The largest absolute Gasteiger partial charge is 0.235 e. The molecule has 142 valence electrons. The predicted octanol–water partition coefficient (Wildman–Crippen LogP) is 6.98. The standard InChI is InChI=1S/C28H23F/c1-4-19-18-20(5-2)28(24-12-8-6-10-21(19)24)25-13-9-7-11-22(25)23-14-16-27(3,29)17-15-26(23)28/h4-18,20H,1-2H2,3H3. The van der Waals surface area contributed by atoms with Crippen LogP contribution < -0.4 is 0 Å². The van der Waals surface area contributed by atoms with Crippen molar-refractivity contribution in [2.24, 2.45) is 5.92 Å². The zero-order chi connectivity index (χ0) is 20.2. The first-order valence-corrected chi connectivity index (χ1v) is 10.0. The highest BCUT2D eigenvalue weighted by Crippen LogP contribution is 2.60. The molecule has 0 nitrogen and oxygen atoms in total. The van der Waals surface area contributed by atoms with E-state index in [-0.39, 0.29) is 5.92 Å². The molecule has 0 aromatic heterocycles. The number of allylic oxidation sites excluding steroid dienone is 10. The van der Waals surface area contributed by atoms with Gasteiger partial charge in [0.15, 0.2) is 0 Å². The van der Waals surface area contributed by atoms with E-state index in [0.717, 1.165) is 16.7 Å². The van der Waals surface area contributed by atoms with Gasteiger partial charge >= 0.3 is 0 Å². The highest BCUT2D eigenvalue weighted by molar-refractivity contribution is 5.94. The molecule has 5 rings (SSSR count). The molecule has 2 aromatic rings. The monoisotopic (exact) mass is 378 g/mol. The molecule has 2 aromatic carbocycles. The fraction of sp³-hybridized carbons (Fsp3) is 0.143. The molecule has 0 saturated carbocycles. The zero-order valence-corrected chi connectivity index (χ0v) is 16.5. The summed E-state index contributed by atoms with van der Waals surface area (Å²) in [5.74, 6) is 0.0288. The number of rotatable bonds is 2. The van der Waals surface area contributed by atoms with E-state index in [4.69, 9.17) is 0 Å². The molecule has 3 aliphatic carbocycles. The molecule has 1 spiro atoms. The van der Waals surface area contributed by atoms with Crippen molar-refractivity contribution in [3.05, 3.63) is 132 Å². The summed E-state index contributed by atoms with van der Waals surface area (Å²) in [5, 5.41) is 0. The highest BCUT2D eigenvalue weighted by atomic mass is 19.1. The van der Waals surface area contributed by atoms with Crippen LogP contribution in [0.4, 0.5) is 4.39 Å². The Labute approximate surface area is 171 Å². The molecular formula is C28H23F. The van der Waals surface area contributed by atoms with Gasteiger partial charge in [0, 0.05) is 5.92 Å². The van der Waals surface area contributed by atoms with E-state index < -0.39 is 11.1 Å². The fourth-order valence-electron chi connectivity index (χ4n) is 5.25. The van der Waals surface area contributed by atoms with E-state index in [1.165, 1.54) is 22.3 Å². The minimum absolute atomic E-state index is 0.0288. The number of hydrogen-bond donors (Lipinski definition) is 0. The molecule has 29 heavy (non-hydrogen) atoms. The molecule has 0 amide bonds. The van der Waals surface area contributed by atoms with Crippen LogP contribution >= 0.6 is 0 Å². The van der Waals surface area contributed by atoms with Gasteiger partial charge in [0.1, 0.15) is 5.67 Å². The third kappa shape index (κ3) is 2.31. The van der Waals surface area contributed by atoms with Crippen LogP contribution in [0.15, 0.2) is 110 Å². The Morgan fingerprint density at radius 2 is 1.52 bits per heavy atom. The maximum Gasteiger partial charge on any atom is 0.145 e. The summed E-state index contributed by atoms with van der Waals surface area (Å²) < 4.78 is 14.9. The van der Waals surface area contributed by atoms with E-state index in [9.17, 15) is 4.39 Å². The summed E-state index contributed by atoms with van der Waals surface area (Å²) in [6.45, 7) is 9.82. The van der Waals surface area contributed by atoms with Gasteiger partial charge in [-0.15, -0.1) is 6.58 Å². The average molecular weight is 378 g/mol. The van der Waals surface area contributed by atoms with Gasteiger partial charge in [-0.1, -0.05) is 85.5 Å². The van der Waals surface area contributed by atoms with Crippen molar-refractivity contribution in [1.82, 2.24) is 0 Å². The second kappa shape index (κ2) is 6.15. The molecule has 0 N–H and O–H groups in total. The molecule has 3 atom stereocenters. The molecule has 0 heterocycles. The Bertz CT molecular complexity index is 1170. The minimum Gasteiger partial charge on any atom is -0.235 e. The summed E-state index contributed by atoms with van der Waals surface area (Å²) in [7, 11) is 0. The van der Waals surface area contributed by atoms with E-state index in [0.29, 0.717) is 0 Å². The third-order valence-corrected chi connectivity index (χ3v) is 6.50. The number of halogens is 1. The lowest BCUT2D eigenvalue weighted by molar-refractivity contribution is 0.328. The maximum absolute atomic E-state index is 14.9. The summed E-state index contributed by atoms with van der Waals surface area (Å²) >= 11 is 0. The number of benzene rings is 2. The lowest BCUT2D eigenvalue weighted by Gasteiger charge is -2.43. The molecule has 1 heteroatoms. The van der Waals surface area contributed by atoms with Crippen LogP contribution in [-0.2, 0) is 5.41 Å². The van der Waals surface area contributed by atoms with Crippen molar-refractivity contribution in [3.8, 4) is 0 Å². The fourth-order valence-corrected chi connectivity index (χ4v) is 5.25. The molecule has 0 bridgehead atoms. The van der Waals surface area contributed by atoms with Crippen LogP contribution in [-0.4, -0.2) is 5.67 Å². The molecule has 3 unspecified atom stereocenters. The molecule has 0 fully saturated rings. The Kier molecular flexibility index (Phi) is 3.79. The smallest absolute Gasteiger partial charge is 0.145 e. The molecule has 0 radical (unpaired) electrons. The second-order valence-electron chi connectivity index (χ2n) is 8.13. The Balaban J connectivity index is 1.94. The SMILES string of the molecule is C=CC1=CC(C=C)C2(C3=C(C=CC(C)(F)C=C3)c3ccccc32)c2ccccc21. The Hall–Kier alpha value is -3.19. The number of alkyl halides is 1. The zero-order valence-electron chi connectivity index (χ0n) is 16.5.